The van der Waals surface area contributed by atoms with Gasteiger partial charge in [-0.05, 0) is 48.4 Å². The highest BCUT2D eigenvalue weighted by Crippen LogP contribution is 2.16. The third kappa shape index (κ3) is 4.99. The lowest BCUT2D eigenvalue weighted by atomic mass is 10.2. The molecule has 1 nitrogen and oxygen atoms in total. The van der Waals surface area contributed by atoms with Gasteiger partial charge in [-0.2, -0.15) is 0 Å². The van der Waals surface area contributed by atoms with Crippen LogP contribution in [-0.2, 0) is 0 Å². The number of hydrogen-bond acceptors (Lipinski definition) is 1. The third-order valence-electron chi connectivity index (χ3n) is 1.05. The summed E-state index contributed by atoms with van der Waals surface area (Å²) >= 11 is 2.22. The minimum absolute atomic E-state index is 0.246. The molecule has 1 N–H and O–H groups in total. The van der Waals surface area contributed by atoms with Gasteiger partial charge in [0, 0.05) is 3.58 Å². The Kier molecular flexibility index (Phi) is 4.99. The number of aliphatic hydroxyl groups is 1. The highest BCUT2D eigenvalue weighted by molar-refractivity contribution is 14.1. The Hall–Kier alpha value is 0.170. The molecule has 0 spiro atoms. The molecule has 0 fully saturated rings. The van der Waals surface area contributed by atoms with Crippen molar-refractivity contribution in [2.24, 2.45) is 0 Å². The fraction of sp³-hybridized carbons (Fsp3) is 0.500. The molecule has 0 saturated carbocycles. The molecule has 0 heterocycles. The molecule has 0 saturated heterocycles. The number of hydrogen-bond donors (Lipinski definition) is 1. The van der Waals surface area contributed by atoms with E-state index in [-0.39, 0.29) is 6.10 Å². The molecule has 0 bridgehead atoms. The lowest BCUT2D eigenvalue weighted by molar-refractivity contribution is 0.198. The van der Waals surface area contributed by atoms with Crippen LogP contribution in [0.4, 0.5) is 0 Å². The van der Waals surface area contributed by atoms with Gasteiger partial charge >= 0.3 is 0 Å². The number of rotatable bonds is 3. The maximum atomic E-state index is 8.91. The smallest absolute Gasteiger partial charge is 0.0547 e. The van der Waals surface area contributed by atoms with E-state index < -0.39 is 0 Å². The van der Waals surface area contributed by atoms with E-state index in [0.29, 0.717) is 6.42 Å². The van der Waals surface area contributed by atoms with E-state index in [1.165, 1.54) is 0 Å². The van der Waals surface area contributed by atoms with Gasteiger partial charge in [-0.1, -0.05) is 12.7 Å². The fourth-order valence-corrected chi connectivity index (χ4v) is 0.703. The van der Waals surface area contributed by atoms with Crippen LogP contribution in [0.1, 0.15) is 20.3 Å². The number of aliphatic hydroxyl groups excluding tert-OH is 1. The van der Waals surface area contributed by atoms with E-state index in [4.69, 9.17) is 5.11 Å². The van der Waals surface area contributed by atoms with Gasteiger partial charge in [-0.3, -0.25) is 0 Å². The molecule has 0 radical (unpaired) electrons. The molecule has 0 amide bonds. The summed E-state index contributed by atoms with van der Waals surface area (Å²) in [5.74, 6) is 0. The Balaban J connectivity index is 3.81. The van der Waals surface area contributed by atoms with Crippen molar-refractivity contribution >= 4 is 22.6 Å². The largest absolute Gasteiger partial charge is 0.393 e. The molecular weight excluding hydrogens is 239 g/mol. The lowest BCUT2D eigenvalue weighted by Crippen LogP contribution is -1.95. The van der Waals surface area contributed by atoms with E-state index in [9.17, 15) is 0 Å². The first-order chi connectivity index (χ1) is 4.54. The first-order valence-electron chi connectivity index (χ1n) is 3.23. The highest BCUT2D eigenvalue weighted by Gasteiger charge is 1.93. The molecule has 1 atom stereocenters. The van der Waals surface area contributed by atoms with Gasteiger partial charge in [0.05, 0.1) is 6.10 Å². The molecule has 0 rings (SSSR count). The number of allylic oxidation sites excluding steroid dienone is 2. The van der Waals surface area contributed by atoms with Gasteiger partial charge in [0.25, 0.3) is 0 Å². The van der Waals surface area contributed by atoms with Crippen molar-refractivity contribution in [3.05, 3.63) is 21.8 Å². The Morgan fingerprint density at radius 3 is 2.60 bits per heavy atom. The number of halogens is 1. The third-order valence-corrected chi connectivity index (χ3v) is 2.41. The Morgan fingerprint density at radius 1 is 1.80 bits per heavy atom. The summed E-state index contributed by atoms with van der Waals surface area (Å²) < 4.78 is 1.14. The monoisotopic (exact) mass is 252 g/mol. The van der Waals surface area contributed by atoms with Gasteiger partial charge in [-0.15, -0.1) is 0 Å². The first-order valence-corrected chi connectivity index (χ1v) is 4.31. The van der Waals surface area contributed by atoms with Crippen LogP contribution in [0.25, 0.3) is 0 Å². The standard InChI is InChI=1S/C8H13IO/c1-6(2)8(9)5-4-7(3)10/h5,7,10H,1,4H2,2-3H3/b8-5-. The molecule has 0 aromatic heterocycles. The van der Waals surface area contributed by atoms with Crippen molar-refractivity contribution in [2.75, 3.05) is 0 Å². The van der Waals surface area contributed by atoms with Crippen molar-refractivity contribution < 1.29 is 5.11 Å². The van der Waals surface area contributed by atoms with Gasteiger partial charge in [0.1, 0.15) is 0 Å². The zero-order valence-corrected chi connectivity index (χ0v) is 8.55. The Morgan fingerprint density at radius 2 is 2.30 bits per heavy atom. The first kappa shape index (κ1) is 10.2. The molecule has 0 aromatic rings. The van der Waals surface area contributed by atoms with Crippen LogP contribution in [-0.4, -0.2) is 11.2 Å². The molecule has 0 aromatic carbocycles. The van der Waals surface area contributed by atoms with Crippen LogP contribution < -0.4 is 0 Å². The Bertz CT molecular complexity index is 147. The summed E-state index contributed by atoms with van der Waals surface area (Å²) in [4.78, 5) is 0. The fourth-order valence-electron chi connectivity index (χ4n) is 0.448. The summed E-state index contributed by atoms with van der Waals surface area (Å²) in [5, 5.41) is 8.91. The van der Waals surface area contributed by atoms with Crippen LogP contribution in [0.5, 0.6) is 0 Å². The van der Waals surface area contributed by atoms with Gasteiger partial charge in [0.15, 0.2) is 0 Å². The van der Waals surface area contributed by atoms with Gasteiger partial charge in [-0.25, -0.2) is 0 Å². The molecule has 0 aliphatic rings. The second-order valence-corrected chi connectivity index (χ2v) is 3.58. The van der Waals surface area contributed by atoms with Crippen LogP contribution in [0.15, 0.2) is 21.8 Å². The summed E-state index contributed by atoms with van der Waals surface area (Å²) in [7, 11) is 0. The molecule has 2 heteroatoms. The quantitative estimate of drug-likeness (QED) is 0.604. The highest BCUT2D eigenvalue weighted by atomic mass is 127. The van der Waals surface area contributed by atoms with E-state index in [1.54, 1.807) is 6.92 Å². The minimum atomic E-state index is -0.246. The molecule has 0 aliphatic heterocycles. The second kappa shape index (κ2) is 4.91. The topological polar surface area (TPSA) is 20.2 Å². The SMILES string of the molecule is C=C(C)/C(I)=C/CC(C)O. The minimum Gasteiger partial charge on any atom is -0.393 e. The summed E-state index contributed by atoms with van der Waals surface area (Å²) in [5.41, 5.74) is 1.06. The van der Waals surface area contributed by atoms with Crippen LogP contribution in [0, 0.1) is 0 Å². The van der Waals surface area contributed by atoms with E-state index in [2.05, 4.69) is 29.2 Å². The summed E-state index contributed by atoms with van der Waals surface area (Å²) in [6.07, 6.45) is 2.46. The van der Waals surface area contributed by atoms with Crippen molar-refractivity contribution in [2.45, 2.75) is 26.4 Å². The van der Waals surface area contributed by atoms with E-state index in [1.807, 2.05) is 13.0 Å². The average molecular weight is 252 g/mol. The summed E-state index contributed by atoms with van der Waals surface area (Å²) in [6, 6.07) is 0. The van der Waals surface area contributed by atoms with Crippen LogP contribution in [0.3, 0.4) is 0 Å². The molecule has 0 aliphatic carbocycles. The van der Waals surface area contributed by atoms with E-state index in [0.717, 1.165) is 9.15 Å². The molecular formula is C8H13IO. The molecule has 58 valence electrons. The van der Waals surface area contributed by atoms with Crippen molar-refractivity contribution in [1.82, 2.24) is 0 Å². The van der Waals surface area contributed by atoms with Crippen molar-refractivity contribution in [3.63, 3.8) is 0 Å². The van der Waals surface area contributed by atoms with Gasteiger partial charge < -0.3 is 5.11 Å². The predicted molar refractivity (Wildman–Crippen MR) is 53.2 cm³/mol. The maximum Gasteiger partial charge on any atom is 0.0547 e. The zero-order chi connectivity index (χ0) is 8.15. The average Bonchev–Trinajstić information content (AvgIpc) is 1.82. The van der Waals surface area contributed by atoms with Crippen LogP contribution in [0.2, 0.25) is 0 Å². The predicted octanol–water partition coefficient (Wildman–Crippen LogP) is 2.65. The zero-order valence-electron chi connectivity index (χ0n) is 6.39. The van der Waals surface area contributed by atoms with Crippen LogP contribution >= 0.6 is 22.6 Å². The Labute approximate surface area is 76.0 Å². The molecule has 10 heavy (non-hydrogen) atoms. The maximum absolute atomic E-state index is 8.91. The second-order valence-electron chi connectivity index (χ2n) is 2.42. The van der Waals surface area contributed by atoms with Crippen molar-refractivity contribution in [1.29, 1.82) is 0 Å². The van der Waals surface area contributed by atoms with Crippen molar-refractivity contribution in [3.8, 4) is 0 Å². The normalized spacial score (nSPS) is 15.0. The lowest BCUT2D eigenvalue weighted by Gasteiger charge is -1.99. The summed E-state index contributed by atoms with van der Waals surface area (Å²) in [6.45, 7) is 7.51. The van der Waals surface area contributed by atoms with Gasteiger partial charge in [0.2, 0.25) is 0 Å². The van der Waals surface area contributed by atoms with E-state index >= 15 is 0 Å². The molecule has 1 unspecified atom stereocenters.